The molecule has 0 spiro atoms. The van der Waals surface area contributed by atoms with Crippen LogP contribution in [-0.4, -0.2) is 27.5 Å². The molecule has 2 aromatic rings. The molecular formula is C14H15N3O2. The quantitative estimate of drug-likeness (QED) is 0.864. The first-order chi connectivity index (χ1) is 9.18. The second-order valence-electron chi connectivity index (χ2n) is 4.17. The molecule has 19 heavy (non-hydrogen) atoms. The van der Waals surface area contributed by atoms with Crippen LogP contribution in [-0.2, 0) is 0 Å². The lowest BCUT2D eigenvalue weighted by molar-refractivity contribution is 0.0910. The summed E-state index contributed by atoms with van der Waals surface area (Å²) in [7, 11) is 0. The summed E-state index contributed by atoms with van der Waals surface area (Å²) in [6, 6.07) is 7.53. The molecule has 1 aromatic heterocycles. The maximum Gasteiger partial charge on any atom is 0.271 e. The Bertz CT molecular complexity index is 558. The van der Waals surface area contributed by atoms with Gasteiger partial charge in [-0.1, -0.05) is 24.3 Å². The van der Waals surface area contributed by atoms with Gasteiger partial charge in [-0.3, -0.25) is 9.78 Å². The van der Waals surface area contributed by atoms with Gasteiger partial charge in [-0.2, -0.15) is 0 Å². The second kappa shape index (κ2) is 6.06. The minimum Gasteiger partial charge on any atom is -0.387 e. The third kappa shape index (κ3) is 3.35. The van der Waals surface area contributed by atoms with E-state index in [0.29, 0.717) is 0 Å². The van der Waals surface area contributed by atoms with E-state index in [1.807, 2.05) is 31.2 Å². The first-order valence-corrected chi connectivity index (χ1v) is 5.96. The number of carbonyl (C=O) groups excluding carboxylic acids is 1. The number of benzene rings is 1. The Morgan fingerprint density at radius 3 is 2.84 bits per heavy atom. The number of aliphatic hydroxyl groups excluding tert-OH is 1. The fraction of sp³-hybridized carbons (Fsp3) is 0.214. The first-order valence-electron chi connectivity index (χ1n) is 5.96. The largest absolute Gasteiger partial charge is 0.387 e. The monoisotopic (exact) mass is 257 g/mol. The van der Waals surface area contributed by atoms with E-state index in [0.717, 1.165) is 11.1 Å². The van der Waals surface area contributed by atoms with Gasteiger partial charge in [0.25, 0.3) is 5.91 Å². The molecule has 2 rings (SSSR count). The highest BCUT2D eigenvalue weighted by molar-refractivity contribution is 5.91. The van der Waals surface area contributed by atoms with Crippen molar-refractivity contribution in [1.29, 1.82) is 0 Å². The molecule has 0 aliphatic rings. The third-order valence-electron chi connectivity index (χ3n) is 2.80. The number of hydrogen-bond donors (Lipinski definition) is 2. The fourth-order valence-electron chi connectivity index (χ4n) is 1.77. The van der Waals surface area contributed by atoms with Crippen molar-refractivity contribution in [2.75, 3.05) is 6.54 Å². The van der Waals surface area contributed by atoms with Gasteiger partial charge in [0.2, 0.25) is 0 Å². The summed E-state index contributed by atoms with van der Waals surface area (Å²) in [6.07, 6.45) is 3.60. The zero-order chi connectivity index (χ0) is 13.7. The lowest BCUT2D eigenvalue weighted by Gasteiger charge is -2.14. The number of carbonyl (C=O) groups is 1. The van der Waals surface area contributed by atoms with Gasteiger partial charge >= 0.3 is 0 Å². The molecule has 0 saturated heterocycles. The molecule has 0 fully saturated rings. The predicted octanol–water partition coefficient (Wildman–Crippen LogP) is 1.25. The van der Waals surface area contributed by atoms with Crippen LogP contribution in [0.3, 0.4) is 0 Å². The van der Waals surface area contributed by atoms with Crippen molar-refractivity contribution in [3.63, 3.8) is 0 Å². The summed E-state index contributed by atoms with van der Waals surface area (Å²) in [5.74, 6) is -0.347. The van der Waals surface area contributed by atoms with E-state index in [-0.39, 0.29) is 18.1 Å². The van der Waals surface area contributed by atoms with Crippen molar-refractivity contribution in [3.8, 4) is 0 Å². The summed E-state index contributed by atoms with van der Waals surface area (Å²) in [6.45, 7) is 2.06. The van der Waals surface area contributed by atoms with Crippen LogP contribution in [0.15, 0.2) is 42.9 Å². The Hall–Kier alpha value is -2.27. The lowest BCUT2D eigenvalue weighted by atomic mass is 10.0. The number of rotatable bonds is 4. The van der Waals surface area contributed by atoms with Crippen molar-refractivity contribution in [2.24, 2.45) is 0 Å². The second-order valence-corrected chi connectivity index (χ2v) is 4.17. The van der Waals surface area contributed by atoms with Gasteiger partial charge in [0.1, 0.15) is 5.69 Å². The molecule has 0 bridgehead atoms. The number of aromatic nitrogens is 2. The molecule has 5 nitrogen and oxygen atoms in total. The normalized spacial score (nSPS) is 11.9. The number of nitrogens with one attached hydrogen (secondary N) is 1. The van der Waals surface area contributed by atoms with Crippen LogP contribution in [0.4, 0.5) is 0 Å². The zero-order valence-electron chi connectivity index (χ0n) is 10.6. The molecule has 0 aliphatic carbocycles. The average molecular weight is 257 g/mol. The summed E-state index contributed by atoms with van der Waals surface area (Å²) in [4.78, 5) is 19.5. The topological polar surface area (TPSA) is 75.1 Å². The summed E-state index contributed by atoms with van der Waals surface area (Å²) < 4.78 is 0. The van der Waals surface area contributed by atoms with Gasteiger partial charge in [-0.15, -0.1) is 0 Å². The summed E-state index contributed by atoms with van der Waals surface area (Å²) >= 11 is 0. The van der Waals surface area contributed by atoms with Gasteiger partial charge in [0.05, 0.1) is 12.3 Å². The van der Waals surface area contributed by atoms with E-state index in [4.69, 9.17) is 0 Å². The summed E-state index contributed by atoms with van der Waals surface area (Å²) in [5, 5.41) is 12.7. The van der Waals surface area contributed by atoms with Gasteiger partial charge in [-0.25, -0.2) is 4.98 Å². The maximum atomic E-state index is 11.7. The van der Waals surface area contributed by atoms with Crippen molar-refractivity contribution >= 4 is 5.91 Å². The van der Waals surface area contributed by atoms with Gasteiger partial charge in [-0.05, 0) is 18.1 Å². The Labute approximate surface area is 111 Å². The van der Waals surface area contributed by atoms with Crippen LogP contribution < -0.4 is 5.32 Å². The van der Waals surface area contributed by atoms with Gasteiger partial charge in [0, 0.05) is 18.9 Å². The fourth-order valence-corrected chi connectivity index (χ4v) is 1.77. The standard InChI is InChI=1S/C14H15N3O2/c1-10-4-2-3-5-11(10)13(18)9-17-14(19)12-8-15-6-7-16-12/h2-8,13,18H,9H2,1H3,(H,17,19). The Kier molecular flexibility index (Phi) is 4.20. The molecule has 1 amide bonds. The molecule has 5 heteroatoms. The summed E-state index contributed by atoms with van der Waals surface area (Å²) in [5.41, 5.74) is 2.03. The highest BCUT2D eigenvalue weighted by atomic mass is 16.3. The van der Waals surface area contributed by atoms with E-state index < -0.39 is 6.10 Å². The van der Waals surface area contributed by atoms with Crippen LogP contribution in [0.5, 0.6) is 0 Å². The lowest BCUT2D eigenvalue weighted by Crippen LogP contribution is -2.29. The molecule has 1 aromatic carbocycles. The molecule has 1 atom stereocenters. The molecule has 1 heterocycles. The van der Waals surface area contributed by atoms with Crippen molar-refractivity contribution in [3.05, 3.63) is 59.7 Å². The van der Waals surface area contributed by atoms with Gasteiger partial charge < -0.3 is 10.4 Å². The van der Waals surface area contributed by atoms with Crippen LogP contribution >= 0.6 is 0 Å². The number of nitrogens with zero attached hydrogens (tertiary/aromatic N) is 2. The van der Waals surface area contributed by atoms with Gasteiger partial charge in [0.15, 0.2) is 0 Å². The maximum absolute atomic E-state index is 11.7. The Morgan fingerprint density at radius 2 is 2.16 bits per heavy atom. The van der Waals surface area contributed by atoms with E-state index in [1.54, 1.807) is 0 Å². The third-order valence-corrected chi connectivity index (χ3v) is 2.80. The number of hydrogen-bond acceptors (Lipinski definition) is 4. The van der Waals surface area contributed by atoms with E-state index >= 15 is 0 Å². The van der Waals surface area contributed by atoms with E-state index in [2.05, 4.69) is 15.3 Å². The van der Waals surface area contributed by atoms with Crippen LogP contribution in [0, 0.1) is 6.92 Å². The van der Waals surface area contributed by atoms with Crippen molar-refractivity contribution in [1.82, 2.24) is 15.3 Å². The molecule has 0 saturated carbocycles. The molecular weight excluding hydrogens is 242 g/mol. The number of amides is 1. The average Bonchev–Trinajstić information content (AvgIpc) is 2.46. The van der Waals surface area contributed by atoms with Crippen LogP contribution in [0.2, 0.25) is 0 Å². The molecule has 98 valence electrons. The number of aryl methyl sites for hydroxylation is 1. The highest BCUT2D eigenvalue weighted by Gasteiger charge is 2.12. The minimum atomic E-state index is -0.734. The molecule has 0 aliphatic heterocycles. The minimum absolute atomic E-state index is 0.139. The van der Waals surface area contributed by atoms with E-state index in [9.17, 15) is 9.90 Å². The van der Waals surface area contributed by atoms with Crippen LogP contribution in [0.25, 0.3) is 0 Å². The zero-order valence-corrected chi connectivity index (χ0v) is 10.6. The molecule has 0 radical (unpaired) electrons. The smallest absolute Gasteiger partial charge is 0.271 e. The molecule has 2 N–H and O–H groups in total. The highest BCUT2D eigenvalue weighted by Crippen LogP contribution is 2.16. The van der Waals surface area contributed by atoms with Crippen molar-refractivity contribution < 1.29 is 9.90 Å². The van der Waals surface area contributed by atoms with Crippen LogP contribution in [0.1, 0.15) is 27.7 Å². The predicted molar refractivity (Wildman–Crippen MR) is 70.5 cm³/mol. The molecule has 1 unspecified atom stereocenters. The SMILES string of the molecule is Cc1ccccc1C(O)CNC(=O)c1cnccn1. The van der Waals surface area contributed by atoms with Crippen molar-refractivity contribution in [2.45, 2.75) is 13.0 Å². The Balaban J connectivity index is 1.96. The first kappa shape index (κ1) is 13.2. The number of aliphatic hydroxyl groups is 1. The van der Waals surface area contributed by atoms with E-state index in [1.165, 1.54) is 18.6 Å². The Morgan fingerprint density at radius 1 is 1.37 bits per heavy atom.